The van der Waals surface area contributed by atoms with Gasteiger partial charge in [-0.3, -0.25) is 0 Å². The smallest absolute Gasteiger partial charge is 0.345 e. The van der Waals surface area contributed by atoms with Gasteiger partial charge >= 0.3 is 5.97 Å². The van der Waals surface area contributed by atoms with E-state index in [0.717, 1.165) is 14.7 Å². The highest BCUT2D eigenvalue weighted by atomic mass is 32.2. The van der Waals surface area contributed by atoms with Crippen molar-refractivity contribution >= 4 is 16.9 Å². The second-order valence-electron chi connectivity index (χ2n) is 8.55. The largest absolute Gasteiger partial charge is 0.482 e. The number of hydrogen-bond acceptors (Lipinski definition) is 3. The van der Waals surface area contributed by atoms with Gasteiger partial charge in [-0.05, 0) is 86.6 Å². The van der Waals surface area contributed by atoms with Gasteiger partial charge in [-0.1, -0.05) is 42.2 Å². The van der Waals surface area contributed by atoms with Crippen molar-refractivity contribution in [1.82, 2.24) is 0 Å². The molecule has 0 aliphatic carbocycles. The molecule has 0 fully saturated rings. The maximum atomic E-state index is 13.8. The second-order valence-corrected chi connectivity index (χ2v) is 10.6. The van der Waals surface area contributed by atoms with E-state index in [0.29, 0.717) is 5.75 Å². The molecule has 1 atom stereocenters. The molecule has 0 saturated carbocycles. The summed E-state index contributed by atoms with van der Waals surface area (Å²) in [6.45, 7) is 2.97. The molecule has 0 bridgehead atoms. The van der Waals surface area contributed by atoms with E-state index in [9.17, 15) is 13.6 Å². The number of rotatable bonds is 7. The van der Waals surface area contributed by atoms with Crippen LogP contribution in [-0.4, -0.2) is 18.2 Å². The van der Waals surface area contributed by atoms with E-state index in [-0.39, 0.29) is 18.0 Å². The monoisotopic (exact) mass is 515 g/mol. The first-order chi connectivity index (χ1) is 17.8. The molecule has 0 amide bonds. The summed E-state index contributed by atoms with van der Waals surface area (Å²) in [5, 5.41) is 0. The Morgan fingerprint density at radius 1 is 0.784 bits per heavy atom. The van der Waals surface area contributed by atoms with Crippen LogP contribution in [0.2, 0.25) is 0 Å². The zero-order valence-corrected chi connectivity index (χ0v) is 21.2. The van der Waals surface area contributed by atoms with E-state index >= 15 is 0 Å². The van der Waals surface area contributed by atoms with Crippen LogP contribution in [0.15, 0.2) is 118 Å². The number of ether oxygens (including phenoxy) is 2. The Bertz CT molecular complexity index is 1410. The fraction of sp³-hybridized carbons (Fsp3) is 0.129. The summed E-state index contributed by atoms with van der Waals surface area (Å²) < 4.78 is 38.3. The molecule has 0 aliphatic heterocycles. The first-order valence-electron chi connectivity index (χ1n) is 11.6. The molecule has 0 radical (unpaired) electrons. The molecule has 6 heteroatoms. The quantitative estimate of drug-likeness (QED) is 0.154. The molecule has 0 spiro atoms. The third-order valence-electron chi connectivity index (χ3n) is 5.19. The lowest BCUT2D eigenvalue weighted by Crippen LogP contribution is -2.29. The fourth-order valence-electron chi connectivity index (χ4n) is 3.47. The van der Waals surface area contributed by atoms with Gasteiger partial charge < -0.3 is 9.47 Å². The molecule has 37 heavy (non-hydrogen) atoms. The summed E-state index contributed by atoms with van der Waals surface area (Å²) >= 11 is 0. The first-order valence-corrected chi connectivity index (χ1v) is 12.8. The number of carbonyl (C=O) groups is 1. The Labute approximate surface area is 218 Å². The average molecular weight is 516 g/mol. The van der Waals surface area contributed by atoms with Gasteiger partial charge in [0, 0.05) is 0 Å². The molecule has 0 aromatic heterocycles. The van der Waals surface area contributed by atoms with Crippen molar-refractivity contribution in [3.8, 4) is 17.6 Å². The van der Waals surface area contributed by atoms with Crippen LogP contribution >= 0.6 is 0 Å². The number of carbonyl (C=O) groups excluding carboxylic acids is 1. The van der Waals surface area contributed by atoms with Gasteiger partial charge in [0.25, 0.3) is 0 Å². The van der Waals surface area contributed by atoms with Crippen LogP contribution in [0.4, 0.5) is 8.78 Å². The van der Waals surface area contributed by atoms with Crippen LogP contribution in [0.3, 0.4) is 0 Å². The third-order valence-corrected chi connectivity index (χ3v) is 7.42. The first kappa shape index (κ1) is 26.0. The van der Waals surface area contributed by atoms with Gasteiger partial charge in [-0.25, -0.2) is 13.6 Å². The standard InChI is InChI=1S/C31H25F2O3S/c1-31(2,21-20-23-8-6-7-11-29(23)33)36-30(34)22-35-25-14-18-28(19-15-25)37(26-9-4-3-5-10-26)27-16-12-24(32)13-17-27/h3-19H,22H2,1-2H3/q+1. The predicted molar refractivity (Wildman–Crippen MR) is 140 cm³/mol. The lowest BCUT2D eigenvalue weighted by atomic mass is 10.1. The van der Waals surface area contributed by atoms with E-state index in [4.69, 9.17) is 9.47 Å². The summed E-state index contributed by atoms with van der Waals surface area (Å²) in [7, 11) is -0.433. The maximum absolute atomic E-state index is 13.8. The summed E-state index contributed by atoms with van der Waals surface area (Å²) in [5.74, 6) is 4.71. The van der Waals surface area contributed by atoms with Crippen LogP contribution in [0.5, 0.6) is 5.75 Å². The zero-order chi connectivity index (χ0) is 26.3. The zero-order valence-electron chi connectivity index (χ0n) is 20.4. The SMILES string of the molecule is CC(C)(C#Cc1ccccc1F)OC(=O)COc1ccc([S+](c2ccccc2)c2ccc(F)cc2)cc1. The molecule has 0 heterocycles. The van der Waals surface area contributed by atoms with Gasteiger partial charge in [0.15, 0.2) is 26.9 Å². The van der Waals surface area contributed by atoms with Crippen molar-refractivity contribution in [2.75, 3.05) is 6.61 Å². The Morgan fingerprint density at radius 2 is 1.35 bits per heavy atom. The number of benzene rings is 4. The van der Waals surface area contributed by atoms with E-state index in [1.807, 2.05) is 42.5 Å². The Morgan fingerprint density at radius 3 is 2.00 bits per heavy atom. The van der Waals surface area contributed by atoms with Crippen molar-refractivity contribution in [2.24, 2.45) is 0 Å². The highest BCUT2D eigenvalue weighted by Crippen LogP contribution is 2.32. The fourth-order valence-corrected chi connectivity index (χ4v) is 5.53. The van der Waals surface area contributed by atoms with Gasteiger partial charge in [0.2, 0.25) is 0 Å². The van der Waals surface area contributed by atoms with Crippen LogP contribution in [-0.2, 0) is 20.4 Å². The lowest BCUT2D eigenvalue weighted by molar-refractivity contribution is -0.154. The Balaban J connectivity index is 1.41. The number of hydrogen-bond donors (Lipinski definition) is 0. The molecule has 0 aliphatic rings. The summed E-state index contributed by atoms with van der Waals surface area (Å²) in [4.78, 5) is 15.5. The van der Waals surface area contributed by atoms with E-state index in [1.165, 1.54) is 18.2 Å². The second kappa shape index (κ2) is 11.8. The highest BCUT2D eigenvalue weighted by Gasteiger charge is 2.28. The molecular weight excluding hydrogens is 490 g/mol. The summed E-state index contributed by atoms with van der Waals surface area (Å²) in [6, 6.07) is 30.1. The summed E-state index contributed by atoms with van der Waals surface area (Å²) in [5.41, 5.74) is -0.885. The molecular formula is C31H25F2O3S+. The van der Waals surface area contributed by atoms with Crippen LogP contribution < -0.4 is 4.74 Å². The molecule has 186 valence electrons. The minimum absolute atomic E-state index is 0.234. The number of halogens is 2. The third kappa shape index (κ3) is 7.22. The van der Waals surface area contributed by atoms with Gasteiger partial charge in [0.05, 0.1) is 16.5 Å². The van der Waals surface area contributed by atoms with Crippen molar-refractivity contribution in [2.45, 2.75) is 34.1 Å². The minimum Gasteiger partial charge on any atom is -0.482 e. The molecule has 0 N–H and O–H groups in total. The molecule has 4 aromatic carbocycles. The predicted octanol–water partition coefficient (Wildman–Crippen LogP) is 6.81. The molecule has 4 aromatic rings. The van der Waals surface area contributed by atoms with Crippen molar-refractivity contribution in [3.63, 3.8) is 0 Å². The van der Waals surface area contributed by atoms with Gasteiger partial charge in [0.1, 0.15) is 17.4 Å². The molecule has 3 nitrogen and oxygen atoms in total. The lowest BCUT2D eigenvalue weighted by Gasteiger charge is -2.19. The molecule has 0 saturated heterocycles. The van der Waals surface area contributed by atoms with E-state index < -0.39 is 28.3 Å². The minimum atomic E-state index is -1.12. The maximum Gasteiger partial charge on any atom is 0.345 e. The normalized spacial score (nSPS) is 11.7. The average Bonchev–Trinajstić information content (AvgIpc) is 2.89. The Kier molecular flexibility index (Phi) is 8.27. The van der Waals surface area contributed by atoms with Crippen molar-refractivity contribution in [1.29, 1.82) is 0 Å². The highest BCUT2D eigenvalue weighted by molar-refractivity contribution is 7.97. The van der Waals surface area contributed by atoms with Crippen LogP contribution in [0, 0.1) is 23.5 Å². The van der Waals surface area contributed by atoms with Gasteiger partial charge in [-0.2, -0.15) is 0 Å². The van der Waals surface area contributed by atoms with E-state index in [2.05, 4.69) is 11.8 Å². The molecule has 4 rings (SSSR count). The van der Waals surface area contributed by atoms with Crippen LogP contribution in [0.25, 0.3) is 0 Å². The topological polar surface area (TPSA) is 35.5 Å². The van der Waals surface area contributed by atoms with Crippen molar-refractivity contribution in [3.05, 3.63) is 120 Å². The Hall–Kier alpha value is -4.08. The van der Waals surface area contributed by atoms with E-state index in [1.54, 1.807) is 56.3 Å². The van der Waals surface area contributed by atoms with Crippen LogP contribution in [0.1, 0.15) is 19.4 Å². The van der Waals surface area contributed by atoms with Gasteiger partial charge in [-0.15, -0.1) is 0 Å². The van der Waals surface area contributed by atoms with Crippen molar-refractivity contribution < 1.29 is 23.0 Å². The summed E-state index contributed by atoms with van der Waals surface area (Å²) in [6.07, 6.45) is 0. The number of esters is 1. The molecule has 1 unspecified atom stereocenters.